The molecule has 0 radical (unpaired) electrons. The van der Waals surface area contributed by atoms with E-state index in [4.69, 9.17) is 27.5 Å². The van der Waals surface area contributed by atoms with Gasteiger partial charge >= 0.3 is 17.1 Å². The van der Waals surface area contributed by atoms with Crippen LogP contribution in [0.25, 0.3) is 0 Å². The Morgan fingerprint density at radius 2 is 1.31 bits per heavy atom. The Morgan fingerprint density at radius 3 is 1.73 bits per heavy atom. The summed E-state index contributed by atoms with van der Waals surface area (Å²) in [5.41, 5.74) is 0. The average Bonchev–Trinajstić information content (AvgIpc) is 2.66. The summed E-state index contributed by atoms with van der Waals surface area (Å²) < 4.78 is 28.9. The maximum absolute atomic E-state index is 8.95. The molecule has 0 bridgehead atoms. The molecule has 3 atom stereocenters. The lowest BCUT2D eigenvalue weighted by atomic mass is 10.3. The fourth-order valence-electron chi connectivity index (χ4n) is 2.47. The monoisotopic (exact) mass is 410 g/mol. The Kier molecular flexibility index (Phi) is 15.3. The van der Waals surface area contributed by atoms with Crippen molar-refractivity contribution >= 4 is 17.1 Å². The van der Waals surface area contributed by atoms with Gasteiger partial charge in [0.15, 0.2) is 0 Å². The van der Waals surface area contributed by atoms with Crippen LogP contribution in [-0.4, -0.2) is 69.0 Å². The first-order valence-electron chi connectivity index (χ1n) is 9.95. The van der Waals surface area contributed by atoms with Crippen LogP contribution in [0, 0.1) is 0 Å². The molecule has 0 aliphatic carbocycles. The molecule has 1 N–H and O–H groups in total. The van der Waals surface area contributed by atoms with Crippen molar-refractivity contribution in [2.24, 2.45) is 0 Å². The van der Waals surface area contributed by atoms with E-state index in [1.165, 1.54) is 6.42 Å². The van der Waals surface area contributed by atoms with E-state index in [0.717, 1.165) is 44.4 Å². The quantitative estimate of drug-likeness (QED) is 0.274. The van der Waals surface area contributed by atoms with Crippen molar-refractivity contribution in [3.05, 3.63) is 0 Å². The zero-order valence-corrected chi connectivity index (χ0v) is 19.8. The largest absolute Gasteiger partial charge is 0.398 e. The fourth-order valence-corrected chi connectivity index (χ4v) is 6.34. The van der Waals surface area contributed by atoms with E-state index in [0.29, 0.717) is 13.2 Å². The fraction of sp³-hybridized carbons (Fsp3) is 1.00. The van der Waals surface area contributed by atoms with Crippen LogP contribution < -0.4 is 0 Å². The van der Waals surface area contributed by atoms with E-state index in [1.54, 1.807) is 14.2 Å². The Labute approximate surface area is 163 Å². The molecule has 0 fully saturated rings. The van der Waals surface area contributed by atoms with Crippen LogP contribution in [0.4, 0.5) is 0 Å². The summed E-state index contributed by atoms with van der Waals surface area (Å²) in [6.07, 6.45) is 5.06. The van der Waals surface area contributed by atoms with Gasteiger partial charge in [0, 0.05) is 34.0 Å². The van der Waals surface area contributed by atoms with Gasteiger partial charge in [-0.3, -0.25) is 0 Å². The first-order valence-corrected chi connectivity index (χ1v) is 15.0. The molecule has 0 heterocycles. The van der Waals surface area contributed by atoms with Crippen molar-refractivity contribution in [3.8, 4) is 0 Å². The Bertz CT molecular complexity index is 337. The van der Waals surface area contributed by atoms with Crippen molar-refractivity contribution in [1.29, 1.82) is 0 Å². The predicted molar refractivity (Wildman–Crippen MR) is 110 cm³/mol. The van der Waals surface area contributed by atoms with Gasteiger partial charge in [-0.05, 0) is 51.4 Å². The third-order valence-electron chi connectivity index (χ3n) is 4.64. The summed E-state index contributed by atoms with van der Waals surface area (Å²) in [5, 5.41) is 8.95. The lowest BCUT2D eigenvalue weighted by molar-refractivity contribution is 0.0244. The molecule has 0 aromatic rings. The predicted octanol–water partition coefficient (Wildman–Crippen LogP) is 3.82. The molecule has 0 amide bonds. The lowest BCUT2D eigenvalue weighted by Crippen LogP contribution is -2.38. The molecule has 0 saturated heterocycles. The van der Waals surface area contributed by atoms with Crippen LogP contribution >= 0.6 is 0 Å². The molecular weight excluding hydrogens is 368 g/mol. The van der Waals surface area contributed by atoms with E-state index >= 15 is 0 Å². The number of rotatable bonds is 18. The maximum Gasteiger partial charge on any atom is 0.334 e. The molecular formula is C18H42O6Si2. The third-order valence-corrected chi connectivity index (χ3v) is 10.5. The Morgan fingerprint density at radius 1 is 0.808 bits per heavy atom. The highest BCUT2D eigenvalue weighted by Crippen LogP contribution is 2.18. The topological polar surface area (TPSA) is 66.4 Å². The molecule has 158 valence electrons. The number of hydrogen-bond donors (Lipinski definition) is 1. The molecule has 26 heavy (non-hydrogen) atoms. The zero-order chi connectivity index (χ0) is 19.9. The van der Waals surface area contributed by atoms with E-state index < -0.39 is 17.1 Å². The molecule has 0 aromatic heterocycles. The SMILES string of the molecule is CCCC[Si](C)(OC)OCCCCO[Si](C)(CCCOC(C)CO)OC. The molecule has 6 nitrogen and oxygen atoms in total. The van der Waals surface area contributed by atoms with Crippen molar-refractivity contribution in [2.45, 2.75) is 77.2 Å². The van der Waals surface area contributed by atoms with Crippen molar-refractivity contribution in [1.82, 2.24) is 0 Å². The maximum atomic E-state index is 8.95. The second-order valence-electron chi connectivity index (χ2n) is 7.15. The second-order valence-corrected chi connectivity index (χ2v) is 14.1. The van der Waals surface area contributed by atoms with Crippen molar-refractivity contribution in [3.63, 3.8) is 0 Å². The third kappa shape index (κ3) is 12.6. The van der Waals surface area contributed by atoms with Crippen LogP contribution in [-0.2, 0) is 22.4 Å². The standard InChI is InChI=1S/C18H42O6Si2/c1-7-8-15-25(5,20-3)23-13-9-10-14-24-26(6,21-4)16-11-12-22-18(2)17-19/h18-19H,7-17H2,1-6H3. The minimum atomic E-state index is -2.13. The smallest absolute Gasteiger partial charge is 0.334 e. The summed E-state index contributed by atoms with van der Waals surface area (Å²) in [5.74, 6) is 0. The molecule has 0 spiro atoms. The van der Waals surface area contributed by atoms with Gasteiger partial charge in [0.1, 0.15) is 0 Å². The molecule has 0 aromatic carbocycles. The van der Waals surface area contributed by atoms with Crippen LogP contribution in [0.1, 0.15) is 46.0 Å². The van der Waals surface area contributed by atoms with Crippen LogP contribution in [0.3, 0.4) is 0 Å². The molecule has 0 rings (SSSR count). The molecule has 3 unspecified atom stereocenters. The molecule has 0 saturated carbocycles. The van der Waals surface area contributed by atoms with E-state index in [2.05, 4.69) is 20.0 Å². The summed E-state index contributed by atoms with van der Waals surface area (Å²) >= 11 is 0. The van der Waals surface area contributed by atoms with Crippen LogP contribution in [0.5, 0.6) is 0 Å². The Balaban J connectivity index is 3.90. The van der Waals surface area contributed by atoms with Gasteiger partial charge in [-0.15, -0.1) is 0 Å². The molecule has 8 heteroatoms. The first kappa shape index (κ1) is 26.2. The highest BCUT2D eigenvalue weighted by Gasteiger charge is 2.30. The number of aliphatic hydroxyl groups is 1. The summed E-state index contributed by atoms with van der Waals surface area (Å²) in [7, 11) is -0.596. The first-order chi connectivity index (χ1) is 12.3. The van der Waals surface area contributed by atoms with Crippen molar-refractivity contribution < 1.29 is 27.5 Å². The van der Waals surface area contributed by atoms with Crippen molar-refractivity contribution in [2.75, 3.05) is 40.6 Å². The average molecular weight is 411 g/mol. The normalized spacial score (nSPS) is 17.7. The highest BCUT2D eigenvalue weighted by molar-refractivity contribution is 6.66. The Hall–Kier alpha value is 0.194. The van der Waals surface area contributed by atoms with Crippen LogP contribution in [0.15, 0.2) is 0 Å². The van der Waals surface area contributed by atoms with E-state index in [-0.39, 0.29) is 12.7 Å². The van der Waals surface area contributed by atoms with Gasteiger partial charge in [0.25, 0.3) is 0 Å². The lowest BCUT2D eigenvalue weighted by Gasteiger charge is -2.26. The summed E-state index contributed by atoms with van der Waals surface area (Å²) in [4.78, 5) is 0. The number of aliphatic hydroxyl groups excluding tert-OH is 1. The van der Waals surface area contributed by atoms with Gasteiger partial charge in [-0.2, -0.15) is 0 Å². The van der Waals surface area contributed by atoms with Gasteiger partial charge in [0.05, 0.1) is 12.7 Å². The highest BCUT2D eigenvalue weighted by atomic mass is 28.4. The number of unbranched alkanes of at least 4 members (excludes halogenated alkanes) is 2. The van der Waals surface area contributed by atoms with E-state index in [1.807, 2.05) is 6.92 Å². The van der Waals surface area contributed by atoms with Gasteiger partial charge in [0.2, 0.25) is 0 Å². The van der Waals surface area contributed by atoms with Gasteiger partial charge in [-0.25, -0.2) is 0 Å². The molecule has 0 aliphatic rings. The minimum Gasteiger partial charge on any atom is -0.398 e. The van der Waals surface area contributed by atoms with Gasteiger partial charge in [-0.1, -0.05) is 19.8 Å². The molecule has 0 aliphatic heterocycles. The second kappa shape index (κ2) is 15.2. The van der Waals surface area contributed by atoms with Gasteiger partial charge < -0.3 is 27.5 Å². The summed E-state index contributed by atoms with van der Waals surface area (Å²) in [6.45, 7) is 10.4. The zero-order valence-electron chi connectivity index (χ0n) is 17.8. The summed E-state index contributed by atoms with van der Waals surface area (Å²) in [6, 6.07) is 1.95. The minimum absolute atomic E-state index is 0.0565. The van der Waals surface area contributed by atoms with E-state index in [9.17, 15) is 0 Å². The van der Waals surface area contributed by atoms with Crippen LogP contribution in [0.2, 0.25) is 25.2 Å². The number of ether oxygens (including phenoxy) is 1. The number of hydrogen-bond acceptors (Lipinski definition) is 6.